The van der Waals surface area contributed by atoms with Crippen molar-refractivity contribution in [3.8, 4) is 5.75 Å². The van der Waals surface area contributed by atoms with Crippen LogP contribution in [-0.2, 0) is 6.42 Å². The Kier molecular flexibility index (Phi) is 6.37. The highest BCUT2D eigenvalue weighted by atomic mass is 79.9. The molecule has 2 nitrogen and oxygen atoms in total. The average molecular weight is 340 g/mol. The Hall–Kier alpha value is -0.540. The Morgan fingerprint density at radius 2 is 1.95 bits per heavy atom. The van der Waals surface area contributed by atoms with E-state index in [-0.39, 0.29) is 6.04 Å². The molecular formula is C17H26BrNO. The third-order valence-corrected chi connectivity index (χ3v) is 4.50. The van der Waals surface area contributed by atoms with E-state index in [1.54, 1.807) is 0 Å². The van der Waals surface area contributed by atoms with Gasteiger partial charge in [-0.25, -0.2) is 0 Å². The smallest absolute Gasteiger partial charge is 0.127 e. The summed E-state index contributed by atoms with van der Waals surface area (Å²) in [6, 6.07) is 4.39. The summed E-state index contributed by atoms with van der Waals surface area (Å²) in [4.78, 5) is 0. The Morgan fingerprint density at radius 1 is 1.20 bits per heavy atom. The number of hydrogen-bond donors (Lipinski definition) is 1. The molecule has 2 rings (SSSR count). The van der Waals surface area contributed by atoms with Crippen molar-refractivity contribution in [2.75, 3.05) is 6.61 Å². The zero-order valence-corrected chi connectivity index (χ0v) is 14.0. The molecule has 1 unspecified atom stereocenters. The Morgan fingerprint density at radius 3 is 2.75 bits per heavy atom. The van der Waals surface area contributed by atoms with Crippen LogP contribution in [0.25, 0.3) is 0 Å². The first-order valence-corrected chi connectivity index (χ1v) is 8.72. The predicted octanol–water partition coefficient (Wildman–Crippen LogP) is 5.13. The second-order valence-corrected chi connectivity index (χ2v) is 6.66. The van der Waals surface area contributed by atoms with E-state index in [0.29, 0.717) is 0 Å². The minimum absolute atomic E-state index is 0.102. The van der Waals surface area contributed by atoms with Gasteiger partial charge in [0.2, 0.25) is 0 Å². The number of rotatable bonds is 8. The van der Waals surface area contributed by atoms with Gasteiger partial charge in [-0.3, -0.25) is 0 Å². The topological polar surface area (TPSA) is 35.2 Å². The lowest BCUT2D eigenvalue weighted by molar-refractivity contribution is 0.350. The van der Waals surface area contributed by atoms with Crippen LogP contribution in [0.2, 0.25) is 0 Å². The third kappa shape index (κ3) is 4.23. The van der Waals surface area contributed by atoms with Crippen molar-refractivity contribution in [1.82, 2.24) is 0 Å². The van der Waals surface area contributed by atoms with Gasteiger partial charge in [0.25, 0.3) is 0 Å². The summed E-state index contributed by atoms with van der Waals surface area (Å²) < 4.78 is 6.88. The number of unbranched alkanes of at least 4 members (excludes halogenated alkanes) is 5. The van der Waals surface area contributed by atoms with Gasteiger partial charge >= 0.3 is 0 Å². The summed E-state index contributed by atoms with van der Waals surface area (Å²) in [5.74, 6) is 1.05. The first-order chi connectivity index (χ1) is 9.72. The van der Waals surface area contributed by atoms with E-state index in [4.69, 9.17) is 10.5 Å². The monoisotopic (exact) mass is 339 g/mol. The van der Waals surface area contributed by atoms with E-state index >= 15 is 0 Å². The first kappa shape index (κ1) is 15.8. The zero-order chi connectivity index (χ0) is 14.4. The highest BCUT2D eigenvalue weighted by Crippen LogP contribution is 2.37. The Balaban J connectivity index is 1.85. The Labute approximate surface area is 131 Å². The molecule has 1 aliphatic heterocycles. The molecule has 1 aromatic carbocycles. The fourth-order valence-corrected chi connectivity index (χ4v) is 3.40. The number of nitrogens with two attached hydrogens (primary N) is 1. The molecule has 0 aliphatic carbocycles. The van der Waals surface area contributed by atoms with Crippen molar-refractivity contribution in [2.45, 2.75) is 64.3 Å². The maximum absolute atomic E-state index is 6.38. The molecule has 0 bridgehead atoms. The van der Waals surface area contributed by atoms with Crippen LogP contribution in [-0.4, -0.2) is 6.61 Å². The molecule has 1 aromatic rings. The third-order valence-electron chi connectivity index (χ3n) is 4.05. The zero-order valence-electron chi connectivity index (χ0n) is 12.5. The molecule has 0 fully saturated rings. The van der Waals surface area contributed by atoms with E-state index in [0.717, 1.165) is 29.7 Å². The van der Waals surface area contributed by atoms with Gasteiger partial charge in [-0.15, -0.1) is 0 Å². The van der Waals surface area contributed by atoms with Gasteiger partial charge in [-0.1, -0.05) is 61.4 Å². The van der Waals surface area contributed by atoms with Gasteiger partial charge in [-0.2, -0.15) is 0 Å². The van der Waals surface area contributed by atoms with Crippen LogP contribution in [0.4, 0.5) is 0 Å². The molecule has 112 valence electrons. The highest BCUT2D eigenvalue weighted by molar-refractivity contribution is 9.10. The predicted molar refractivity (Wildman–Crippen MR) is 88.3 cm³/mol. The number of fused-ring (bicyclic) bond motifs is 1. The number of ether oxygens (including phenoxy) is 1. The Bertz CT molecular complexity index is 433. The average Bonchev–Trinajstić information content (AvgIpc) is 2.89. The highest BCUT2D eigenvalue weighted by Gasteiger charge is 2.20. The first-order valence-electron chi connectivity index (χ1n) is 7.93. The largest absolute Gasteiger partial charge is 0.493 e. The fraction of sp³-hybridized carbons (Fsp3) is 0.647. The minimum atomic E-state index is 0.102. The fourth-order valence-electron chi connectivity index (χ4n) is 2.87. The molecule has 0 radical (unpaired) electrons. The second-order valence-electron chi connectivity index (χ2n) is 5.74. The molecule has 0 aromatic heterocycles. The number of halogens is 1. The summed E-state index contributed by atoms with van der Waals surface area (Å²) in [6.45, 7) is 3.05. The van der Waals surface area contributed by atoms with Crippen LogP contribution in [0.15, 0.2) is 16.6 Å². The standard InChI is InChI=1S/C17H26BrNO/c1-2-3-4-5-6-7-8-16(19)15-12-14(18)11-13-9-10-20-17(13)15/h11-12,16H,2-10,19H2,1H3. The maximum atomic E-state index is 6.38. The molecule has 1 aliphatic rings. The second kappa shape index (κ2) is 8.04. The maximum Gasteiger partial charge on any atom is 0.127 e. The summed E-state index contributed by atoms with van der Waals surface area (Å²) in [6.07, 6.45) is 9.94. The summed E-state index contributed by atoms with van der Waals surface area (Å²) in [5.41, 5.74) is 8.86. The molecule has 1 heterocycles. The lowest BCUT2D eigenvalue weighted by atomic mass is 9.97. The van der Waals surface area contributed by atoms with E-state index in [1.807, 2.05) is 0 Å². The summed E-state index contributed by atoms with van der Waals surface area (Å²) >= 11 is 3.58. The lowest BCUT2D eigenvalue weighted by Gasteiger charge is -2.16. The van der Waals surface area contributed by atoms with Crippen molar-refractivity contribution >= 4 is 15.9 Å². The molecule has 3 heteroatoms. The van der Waals surface area contributed by atoms with Gasteiger partial charge in [0, 0.05) is 22.5 Å². The van der Waals surface area contributed by atoms with E-state index in [2.05, 4.69) is 35.0 Å². The molecule has 0 saturated carbocycles. The van der Waals surface area contributed by atoms with Gasteiger partial charge < -0.3 is 10.5 Å². The van der Waals surface area contributed by atoms with Crippen molar-refractivity contribution in [3.05, 3.63) is 27.7 Å². The van der Waals surface area contributed by atoms with Crippen LogP contribution >= 0.6 is 15.9 Å². The van der Waals surface area contributed by atoms with Crippen LogP contribution < -0.4 is 10.5 Å². The summed E-state index contributed by atoms with van der Waals surface area (Å²) in [5, 5.41) is 0. The molecular weight excluding hydrogens is 314 g/mol. The van der Waals surface area contributed by atoms with Crippen LogP contribution in [0, 0.1) is 0 Å². The molecule has 20 heavy (non-hydrogen) atoms. The van der Waals surface area contributed by atoms with Gasteiger partial charge in [0.1, 0.15) is 5.75 Å². The molecule has 0 amide bonds. The minimum Gasteiger partial charge on any atom is -0.493 e. The summed E-state index contributed by atoms with van der Waals surface area (Å²) in [7, 11) is 0. The quantitative estimate of drug-likeness (QED) is 0.666. The van der Waals surface area contributed by atoms with Gasteiger partial charge in [0.15, 0.2) is 0 Å². The van der Waals surface area contributed by atoms with Crippen LogP contribution in [0.1, 0.15) is 69.0 Å². The van der Waals surface area contributed by atoms with Gasteiger partial charge in [-0.05, 0) is 24.1 Å². The van der Waals surface area contributed by atoms with Crippen molar-refractivity contribution < 1.29 is 4.74 Å². The van der Waals surface area contributed by atoms with Gasteiger partial charge in [0.05, 0.1) is 6.61 Å². The van der Waals surface area contributed by atoms with Crippen molar-refractivity contribution in [2.24, 2.45) is 5.73 Å². The van der Waals surface area contributed by atoms with E-state index in [1.165, 1.54) is 49.7 Å². The lowest BCUT2D eigenvalue weighted by Crippen LogP contribution is -2.11. The van der Waals surface area contributed by atoms with Crippen molar-refractivity contribution in [3.63, 3.8) is 0 Å². The molecule has 0 saturated heterocycles. The van der Waals surface area contributed by atoms with E-state index in [9.17, 15) is 0 Å². The SMILES string of the molecule is CCCCCCCCC(N)c1cc(Br)cc2c1OCC2. The molecule has 2 N–H and O–H groups in total. The van der Waals surface area contributed by atoms with E-state index < -0.39 is 0 Å². The van der Waals surface area contributed by atoms with Crippen LogP contribution in [0.5, 0.6) is 5.75 Å². The number of hydrogen-bond acceptors (Lipinski definition) is 2. The number of benzene rings is 1. The van der Waals surface area contributed by atoms with Crippen molar-refractivity contribution in [1.29, 1.82) is 0 Å². The molecule has 1 atom stereocenters. The normalized spacial score (nSPS) is 14.9. The van der Waals surface area contributed by atoms with Crippen LogP contribution in [0.3, 0.4) is 0 Å². The molecule has 0 spiro atoms.